The number of aliphatic carboxylic acids is 1. The SMILES string of the molecule is CC1=C(C)C[C@@H](C(=O)O)[C@@H](C(=O)Nc2sc3c(c2C#N)CC[C@@H](c2ccccc2)C3)C1. The maximum Gasteiger partial charge on any atom is 0.307 e. The number of carboxylic acids is 1. The molecule has 0 saturated heterocycles. The van der Waals surface area contributed by atoms with E-state index < -0.39 is 17.8 Å². The molecule has 4 rings (SSSR count). The van der Waals surface area contributed by atoms with E-state index in [0.717, 1.165) is 40.8 Å². The summed E-state index contributed by atoms with van der Waals surface area (Å²) in [4.78, 5) is 26.0. The van der Waals surface area contributed by atoms with Crippen molar-refractivity contribution in [3.8, 4) is 6.07 Å². The summed E-state index contributed by atoms with van der Waals surface area (Å²) in [5, 5.41) is 22.9. The fourth-order valence-corrected chi connectivity index (χ4v) is 6.11. The second-order valence-electron chi connectivity index (χ2n) is 8.68. The van der Waals surface area contributed by atoms with Gasteiger partial charge in [-0.15, -0.1) is 11.3 Å². The molecule has 2 aliphatic rings. The first-order valence-corrected chi connectivity index (χ1v) is 11.5. The van der Waals surface area contributed by atoms with E-state index in [-0.39, 0.29) is 5.91 Å². The molecular formula is C25H26N2O3S. The van der Waals surface area contributed by atoms with E-state index in [2.05, 4.69) is 23.5 Å². The van der Waals surface area contributed by atoms with Gasteiger partial charge in [-0.2, -0.15) is 5.26 Å². The van der Waals surface area contributed by atoms with Crippen LogP contribution in [0.3, 0.4) is 0 Å². The number of anilines is 1. The molecule has 2 N–H and O–H groups in total. The van der Waals surface area contributed by atoms with Gasteiger partial charge in [0.05, 0.1) is 17.4 Å². The van der Waals surface area contributed by atoms with Crippen molar-refractivity contribution in [1.29, 1.82) is 5.26 Å². The van der Waals surface area contributed by atoms with E-state index in [0.29, 0.717) is 29.3 Å². The molecule has 0 aliphatic heterocycles. The number of amides is 1. The summed E-state index contributed by atoms with van der Waals surface area (Å²) in [5.41, 5.74) is 5.02. The van der Waals surface area contributed by atoms with Gasteiger partial charge < -0.3 is 10.4 Å². The highest BCUT2D eigenvalue weighted by molar-refractivity contribution is 7.16. The van der Waals surface area contributed by atoms with Crippen LogP contribution in [0.4, 0.5) is 5.00 Å². The molecule has 0 radical (unpaired) electrons. The van der Waals surface area contributed by atoms with Crippen molar-refractivity contribution in [2.45, 2.75) is 51.9 Å². The first-order chi connectivity index (χ1) is 14.9. The van der Waals surface area contributed by atoms with Crippen LogP contribution in [0, 0.1) is 23.2 Å². The monoisotopic (exact) mass is 434 g/mol. The molecule has 0 unspecified atom stereocenters. The third kappa shape index (κ3) is 4.15. The second kappa shape index (κ2) is 8.68. The number of carboxylic acid groups (broad SMARTS) is 1. The first-order valence-electron chi connectivity index (χ1n) is 10.7. The highest BCUT2D eigenvalue weighted by Gasteiger charge is 2.38. The molecule has 1 heterocycles. The van der Waals surface area contributed by atoms with Crippen molar-refractivity contribution in [1.82, 2.24) is 0 Å². The zero-order chi connectivity index (χ0) is 22.1. The summed E-state index contributed by atoms with van der Waals surface area (Å²) in [5.74, 6) is -2.18. The van der Waals surface area contributed by atoms with E-state index in [9.17, 15) is 20.0 Å². The summed E-state index contributed by atoms with van der Waals surface area (Å²) >= 11 is 1.47. The van der Waals surface area contributed by atoms with E-state index in [4.69, 9.17) is 0 Å². The number of nitrogens with one attached hydrogen (secondary N) is 1. The fourth-order valence-electron chi connectivity index (χ4n) is 4.83. The van der Waals surface area contributed by atoms with Crippen LogP contribution in [-0.4, -0.2) is 17.0 Å². The number of hydrogen-bond donors (Lipinski definition) is 2. The predicted octanol–water partition coefficient (Wildman–Crippen LogP) is 5.28. The third-order valence-corrected chi connectivity index (χ3v) is 7.97. The quantitative estimate of drug-likeness (QED) is 0.641. The summed E-state index contributed by atoms with van der Waals surface area (Å²) in [6.07, 6.45) is 3.48. The average molecular weight is 435 g/mol. The number of allylic oxidation sites excluding steroid dienone is 2. The molecule has 6 heteroatoms. The lowest BCUT2D eigenvalue weighted by Gasteiger charge is -2.29. The number of hydrogen-bond acceptors (Lipinski definition) is 4. The number of thiophene rings is 1. The van der Waals surface area contributed by atoms with Crippen LogP contribution in [0.2, 0.25) is 0 Å². The first kappa shape index (κ1) is 21.3. The largest absolute Gasteiger partial charge is 0.481 e. The molecule has 2 aromatic rings. The Balaban J connectivity index is 1.57. The molecule has 0 fully saturated rings. The highest BCUT2D eigenvalue weighted by atomic mass is 32.1. The molecule has 0 saturated carbocycles. The lowest BCUT2D eigenvalue weighted by atomic mass is 9.76. The van der Waals surface area contributed by atoms with Crippen LogP contribution in [0.5, 0.6) is 0 Å². The van der Waals surface area contributed by atoms with Gasteiger partial charge in [0.15, 0.2) is 0 Å². The van der Waals surface area contributed by atoms with Crippen LogP contribution in [0.15, 0.2) is 41.5 Å². The van der Waals surface area contributed by atoms with Crippen LogP contribution >= 0.6 is 11.3 Å². The van der Waals surface area contributed by atoms with Gasteiger partial charge in [-0.1, -0.05) is 41.5 Å². The van der Waals surface area contributed by atoms with Crippen molar-refractivity contribution in [2.75, 3.05) is 5.32 Å². The molecule has 2 aliphatic carbocycles. The Kier molecular flexibility index (Phi) is 5.97. The van der Waals surface area contributed by atoms with Crippen molar-refractivity contribution in [3.63, 3.8) is 0 Å². The van der Waals surface area contributed by atoms with Crippen LogP contribution in [0.1, 0.15) is 60.6 Å². The van der Waals surface area contributed by atoms with E-state index in [1.807, 2.05) is 32.0 Å². The number of nitrogens with zero attached hydrogens (tertiary/aromatic N) is 1. The zero-order valence-corrected chi connectivity index (χ0v) is 18.6. The van der Waals surface area contributed by atoms with Gasteiger partial charge in [-0.05, 0) is 63.0 Å². The zero-order valence-electron chi connectivity index (χ0n) is 17.8. The van der Waals surface area contributed by atoms with Gasteiger partial charge in [0.1, 0.15) is 11.1 Å². The Morgan fingerprint density at radius 2 is 1.77 bits per heavy atom. The molecule has 3 atom stereocenters. The van der Waals surface area contributed by atoms with Gasteiger partial charge >= 0.3 is 5.97 Å². The van der Waals surface area contributed by atoms with Crippen LogP contribution < -0.4 is 5.32 Å². The topological polar surface area (TPSA) is 90.2 Å². The van der Waals surface area contributed by atoms with Gasteiger partial charge in [-0.25, -0.2) is 0 Å². The Morgan fingerprint density at radius 1 is 1.10 bits per heavy atom. The van der Waals surface area contributed by atoms with Crippen molar-refractivity contribution in [3.05, 3.63) is 63.0 Å². The molecule has 31 heavy (non-hydrogen) atoms. The third-order valence-electron chi connectivity index (χ3n) is 6.81. The van der Waals surface area contributed by atoms with Gasteiger partial charge in [-0.3, -0.25) is 9.59 Å². The minimum absolute atomic E-state index is 0.297. The Bertz CT molecular complexity index is 1090. The summed E-state index contributed by atoms with van der Waals surface area (Å²) in [6, 6.07) is 12.7. The standard InChI is InChI=1S/C25H26N2O3S/c1-14-10-19(20(25(29)30)11-15(14)2)23(28)27-24-21(13-26)18-9-8-17(12-22(18)31-24)16-6-4-3-5-7-16/h3-7,17,19-20H,8-12H2,1-2H3,(H,27,28)(H,29,30)/t17-,19+,20-/m1/s1. The lowest BCUT2D eigenvalue weighted by molar-refractivity contribution is -0.146. The van der Waals surface area contributed by atoms with Gasteiger partial charge in [0.2, 0.25) is 5.91 Å². The normalized spacial score (nSPS) is 23.1. The Morgan fingerprint density at radius 3 is 2.42 bits per heavy atom. The second-order valence-corrected chi connectivity index (χ2v) is 9.78. The lowest BCUT2D eigenvalue weighted by Crippen LogP contribution is -2.36. The van der Waals surface area contributed by atoms with Crippen molar-refractivity contribution in [2.24, 2.45) is 11.8 Å². The van der Waals surface area contributed by atoms with Crippen molar-refractivity contribution < 1.29 is 14.7 Å². The number of benzene rings is 1. The van der Waals surface area contributed by atoms with Crippen LogP contribution in [0.25, 0.3) is 0 Å². The minimum Gasteiger partial charge on any atom is -0.481 e. The summed E-state index contributed by atoms with van der Waals surface area (Å²) in [6.45, 7) is 3.89. The van der Waals surface area contributed by atoms with Gasteiger partial charge in [0.25, 0.3) is 0 Å². The summed E-state index contributed by atoms with van der Waals surface area (Å²) < 4.78 is 0. The Hall–Kier alpha value is -2.91. The van der Waals surface area contributed by atoms with Gasteiger partial charge in [0, 0.05) is 4.88 Å². The maximum atomic E-state index is 13.1. The number of fused-ring (bicyclic) bond motifs is 1. The molecule has 1 aromatic heterocycles. The smallest absolute Gasteiger partial charge is 0.307 e. The predicted molar refractivity (Wildman–Crippen MR) is 121 cm³/mol. The molecule has 1 amide bonds. The maximum absolute atomic E-state index is 13.1. The van der Waals surface area contributed by atoms with Crippen molar-refractivity contribution >= 4 is 28.2 Å². The number of carbonyl (C=O) groups is 2. The highest BCUT2D eigenvalue weighted by Crippen LogP contribution is 2.43. The minimum atomic E-state index is -0.941. The fraction of sp³-hybridized carbons (Fsp3) is 0.400. The molecule has 0 spiro atoms. The molecule has 5 nitrogen and oxygen atoms in total. The van der Waals surface area contributed by atoms with E-state index in [1.54, 1.807) is 0 Å². The molecular weight excluding hydrogens is 408 g/mol. The van der Waals surface area contributed by atoms with Crippen LogP contribution in [-0.2, 0) is 22.4 Å². The molecule has 160 valence electrons. The Labute approximate surface area is 186 Å². The molecule has 1 aromatic carbocycles. The number of carbonyl (C=O) groups excluding carboxylic acids is 1. The molecule has 0 bridgehead atoms. The number of rotatable bonds is 4. The van der Waals surface area contributed by atoms with E-state index in [1.165, 1.54) is 16.9 Å². The van der Waals surface area contributed by atoms with E-state index >= 15 is 0 Å². The summed E-state index contributed by atoms with van der Waals surface area (Å²) in [7, 11) is 0. The average Bonchev–Trinajstić information content (AvgIpc) is 3.11. The number of nitriles is 1.